The Balaban J connectivity index is 2.82. The molecule has 1 heterocycles. The molecule has 1 aliphatic rings. The number of allylic oxidation sites excluding steroid dienone is 3. The molecule has 0 N–H and O–H groups in total. The summed E-state index contributed by atoms with van der Waals surface area (Å²) in [5, 5.41) is 0. The van der Waals surface area contributed by atoms with Gasteiger partial charge in [-0.2, -0.15) is 0 Å². The Hall–Kier alpha value is -1.15. The van der Waals surface area contributed by atoms with E-state index < -0.39 is 0 Å². The van der Waals surface area contributed by atoms with E-state index in [1.807, 2.05) is 13.1 Å². The molecular formula is C16H26N2. The van der Waals surface area contributed by atoms with E-state index in [9.17, 15) is 0 Å². The number of aliphatic imine (C=N–C) groups is 1. The van der Waals surface area contributed by atoms with Crippen molar-refractivity contribution in [1.29, 1.82) is 0 Å². The van der Waals surface area contributed by atoms with Gasteiger partial charge in [0.25, 0.3) is 0 Å². The van der Waals surface area contributed by atoms with Crippen molar-refractivity contribution < 1.29 is 0 Å². The molecule has 0 amide bonds. The molecule has 0 radical (unpaired) electrons. The van der Waals surface area contributed by atoms with Crippen LogP contribution in [0.25, 0.3) is 0 Å². The summed E-state index contributed by atoms with van der Waals surface area (Å²) in [7, 11) is 1.85. The van der Waals surface area contributed by atoms with Crippen molar-refractivity contribution in [3.05, 3.63) is 36.0 Å². The van der Waals surface area contributed by atoms with Crippen LogP contribution in [0, 0.1) is 0 Å². The second kappa shape index (κ2) is 8.04. The lowest BCUT2D eigenvalue weighted by molar-refractivity contribution is 0.248. The first kappa shape index (κ1) is 14.9. The predicted molar refractivity (Wildman–Crippen MR) is 81.4 cm³/mol. The fourth-order valence-corrected chi connectivity index (χ4v) is 2.48. The van der Waals surface area contributed by atoms with Crippen molar-refractivity contribution in [3.63, 3.8) is 0 Å². The fraction of sp³-hybridized carbons (Fsp3) is 0.562. The van der Waals surface area contributed by atoms with Gasteiger partial charge in [0.15, 0.2) is 0 Å². The average Bonchev–Trinajstić information content (AvgIpc) is 2.40. The highest BCUT2D eigenvalue weighted by atomic mass is 15.1. The standard InChI is InChI=1S/C16H26N2/c1-5-10-15(16(6-2)14(3)17-4)13-18-11-8-7-9-12-18/h5-6,10H,1,7-9,11-13H2,2-4H3/b15-10-,16-6+,17-14?. The first-order valence-corrected chi connectivity index (χ1v) is 6.87. The molecule has 18 heavy (non-hydrogen) atoms. The van der Waals surface area contributed by atoms with Gasteiger partial charge in [0.05, 0.1) is 0 Å². The zero-order chi connectivity index (χ0) is 13.4. The Kier molecular flexibility index (Phi) is 6.66. The lowest BCUT2D eigenvalue weighted by Gasteiger charge is -2.28. The van der Waals surface area contributed by atoms with Gasteiger partial charge in [0, 0.05) is 19.3 Å². The van der Waals surface area contributed by atoms with Crippen LogP contribution in [0.5, 0.6) is 0 Å². The molecular weight excluding hydrogens is 220 g/mol. The van der Waals surface area contributed by atoms with E-state index in [1.54, 1.807) is 0 Å². The van der Waals surface area contributed by atoms with E-state index in [4.69, 9.17) is 0 Å². The molecule has 100 valence electrons. The van der Waals surface area contributed by atoms with E-state index in [0.29, 0.717) is 0 Å². The molecule has 0 aromatic heterocycles. The largest absolute Gasteiger partial charge is 0.299 e. The summed E-state index contributed by atoms with van der Waals surface area (Å²) < 4.78 is 0. The van der Waals surface area contributed by atoms with Gasteiger partial charge >= 0.3 is 0 Å². The number of likely N-dealkylation sites (tertiary alicyclic amines) is 1. The first-order chi connectivity index (χ1) is 8.72. The van der Waals surface area contributed by atoms with Gasteiger partial charge in [0.2, 0.25) is 0 Å². The molecule has 1 rings (SSSR count). The second-order valence-corrected chi connectivity index (χ2v) is 4.78. The van der Waals surface area contributed by atoms with Crippen molar-refractivity contribution in [1.82, 2.24) is 4.90 Å². The third kappa shape index (κ3) is 4.26. The molecule has 0 saturated carbocycles. The van der Waals surface area contributed by atoms with Crippen molar-refractivity contribution in [3.8, 4) is 0 Å². The highest BCUT2D eigenvalue weighted by Crippen LogP contribution is 2.17. The minimum absolute atomic E-state index is 1.01. The second-order valence-electron chi connectivity index (χ2n) is 4.78. The van der Waals surface area contributed by atoms with Crippen molar-refractivity contribution in [2.24, 2.45) is 4.99 Å². The molecule has 1 saturated heterocycles. The lowest BCUT2D eigenvalue weighted by Crippen LogP contribution is -2.32. The van der Waals surface area contributed by atoms with Gasteiger partial charge in [-0.3, -0.25) is 9.89 Å². The molecule has 0 aliphatic carbocycles. The summed E-state index contributed by atoms with van der Waals surface area (Å²) >= 11 is 0. The lowest BCUT2D eigenvalue weighted by atomic mass is 9.99. The molecule has 0 atom stereocenters. The third-order valence-electron chi connectivity index (χ3n) is 3.52. The maximum absolute atomic E-state index is 4.31. The molecule has 2 heteroatoms. The Morgan fingerprint density at radius 1 is 1.28 bits per heavy atom. The Bertz CT molecular complexity index is 355. The number of hydrogen-bond acceptors (Lipinski definition) is 2. The van der Waals surface area contributed by atoms with Crippen molar-refractivity contribution in [2.75, 3.05) is 26.7 Å². The number of hydrogen-bond donors (Lipinski definition) is 0. The molecule has 0 bridgehead atoms. The third-order valence-corrected chi connectivity index (χ3v) is 3.52. The predicted octanol–water partition coefficient (Wildman–Crippen LogP) is 3.62. The maximum atomic E-state index is 4.31. The van der Waals surface area contributed by atoms with E-state index in [-0.39, 0.29) is 0 Å². The van der Waals surface area contributed by atoms with Gasteiger partial charge in [0.1, 0.15) is 0 Å². The molecule has 0 aromatic rings. The van der Waals surface area contributed by atoms with Gasteiger partial charge in [-0.05, 0) is 50.9 Å². The Morgan fingerprint density at radius 3 is 2.44 bits per heavy atom. The monoisotopic (exact) mass is 246 g/mol. The number of nitrogens with zero attached hydrogens (tertiary/aromatic N) is 2. The van der Waals surface area contributed by atoms with Crippen molar-refractivity contribution in [2.45, 2.75) is 33.1 Å². The topological polar surface area (TPSA) is 15.6 Å². The summed E-state index contributed by atoms with van der Waals surface area (Å²) in [5.41, 5.74) is 3.68. The maximum Gasteiger partial charge on any atom is 0.0386 e. The fourth-order valence-electron chi connectivity index (χ4n) is 2.48. The minimum atomic E-state index is 1.01. The SMILES string of the molecule is C=C/C=C(CN1CCCCC1)\C(=C\C)C(C)=NC. The van der Waals surface area contributed by atoms with E-state index >= 15 is 0 Å². The highest BCUT2D eigenvalue weighted by molar-refractivity contribution is 6.02. The first-order valence-electron chi connectivity index (χ1n) is 6.87. The normalized spacial score (nSPS) is 20.1. The Morgan fingerprint density at radius 2 is 1.94 bits per heavy atom. The van der Waals surface area contributed by atoms with Crippen LogP contribution in [-0.2, 0) is 0 Å². The number of rotatable bonds is 5. The molecule has 0 aromatic carbocycles. The quantitative estimate of drug-likeness (QED) is 0.534. The summed E-state index contributed by atoms with van der Waals surface area (Å²) in [6.07, 6.45) is 10.2. The zero-order valence-electron chi connectivity index (χ0n) is 12.1. The van der Waals surface area contributed by atoms with Crippen LogP contribution in [0.2, 0.25) is 0 Å². The van der Waals surface area contributed by atoms with Crippen LogP contribution in [-0.4, -0.2) is 37.3 Å². The summed E-state index contributed by atoms with van der Waals surface area (Å²) in [6.45, 7) is 11.4. The van der Waals surface area contributed by atoms with Crippen LogP contribution in [0.3, 0.4) is 0 Å². The molecule has 0 unspecified atom stereocenters. The van der Waals surface area contributed by atoms with Gasteiger partial charge in [-0.25, -0.2) is 0 Å². The molecule has 0 spiro atoms. The van der Waals surface area contributed by atoms with Crippen LogP contribution < -0.4 is 0 Å². The van der Waals surface area contributed by atoms with E-state index in [1.165, 1.54) is 43.5 Å². The van der Waals surface area contributed by atoms with Crippen LogP contribution in [0.15, 0.2) is 40.9 Å². The van der Waals surface area contributed by atoms with Crippen LogP contribution in [0.1, 0.15) is 33.1 Å². The molecule has 1 aliphatic heterocycles. The zero-order valence-corrected chi connectivity index (χ0v) is 12.1. The summed E-state index contributed by atoms with van der Waals surface area (Å²) in [4.78, 5) is 6.84. The Labute approximate surface area is 112 Å². The van der Waals surface area contributed by atoms with Gasteiger partial charge in [-0.1, -0.05) is 31.2 Å². The number of piperidine rings is 1. The van der Waals surface area contributed by atoms with E-state index in [0.717, 1.165) is 12.3 Å². The summed E-state index contributed by atoms with van der Waals surface area (Å²) in [6, 6.07) is 0. The van der Waals surface area contributed by atoms with Crippen molar-refractivity contribution >= 4 is 5.71 Å². The molecule has 2 nitrogen and oxygen atoms in total. The minimum Gasteiger partial charge on any atom is -0.299 e. The smallest absolute Gasteiger partial charge is 0.0386 e. The van der Waals surface area contributed by atoms with Crippen LogP contribution >= 0.6 is 0 Å². The summed E-state index contributed by atoms with van der Waals surface area (Å²) in [5.74, 6) is 0. The highest BCUT2D eigenvalue weighted by Gasteiger charge is 2.14. The van der Waals surface area contributed by atoms with E-state index in [2.05, 4.69) is 42.5 Å². The average molecular weight is 246 g/mol. The van der Waals surface area contributed by atoms with Gasteiger partial charge < -0.3 is 0 Å². The molecule has 1 fully saturated rings. The van der Waals surface area contributed by atoms with Crippen LogP contribution in [0.4, 0.5) is 0 Å². The van der Waals surface area contributed by atoms with Gasteiger partial charge in [-0.15, -0.1) is 0 Å².